The summed E-state index contributed by atoms with van der Waals surface area (Å²) in [5.74, 6) is 0.459. The molecule has 2 heterocycles. The molecule has 1 saturated carbocycles. The van der Waals surface area contributed by atoms with Gasteiger partial charge >= 0.3 is 0 Å². The van der Waals surface area contributed by atoms with Gasteiger partial charge in [0.2, 0.25) is 11.8 Å². The molecule has 2 fully saturated rings. The third-order valence-electron chi connectivity index (χ3n) is 3.99. The Morgan fingerprint density at radius 1 is 1.45 bits per heavy atom. The molecule has 0 radical (unpaired) electrons. The lowest BCUT2D eigenvalue weighted by molar-refractivity contribution is -0.152. The first kappa shape index (κ1) is 13.5. The van der Waals surface area contributed by atoms with Gasteiger partial charge in [-0.2, -0.15) is 0 Å². The lowest BCUT2D eigenvalue weighted by atomic mass is 9.95. The van der Waals surface area contributed by atoms with Crippen LogP contribution in [0.25, 0.3) is 0 Å². The van der Waals surface area contributed by atoms with Crippen LogP contribution in [0, 0.1) is 11.8 Å². The van der Waals surface area contributed by atoms with Gasteiger partial charge in [-0.3, -0.25) is 9.59 Å². The highest BCUT2D eigenvalue weighted by atomic mass is 32.1. The fraction of sp³-hybridized carbons (Fsp3) is 0.643. The molecular weight excluding hydrogens is 274 g/mol. The van der Waals surface area contributed by atoms with Gasteiger partial charge in [-0.25, -0.2) is 4.98 Å². The Hall–Kier alpha value is -1.43. The van der Waals surface area contributed by atoms with Gasteiger partial charge in [-0.05, 0) is 24.7 Å². The van der Waals surface area contributed by atoms with Gasteiger partial charge in [-0.15, -0.1) is 11.3 Å². The number of hydrogen-bond donors (Lipinski definition) is 1. The first-order valence-electron chi connectivity index (χ1n) is 7.06. The van der Waals surface area contributed by atoms with Crippen molar-refractivity contribution in [3.8, 4) is 0 Å². The van der Waals surface area contributed by atoms with Crippen LogP contribution in [0.1, 0.15) is 32.4 Å². The maximum Gasteiger partial charge on any atom is 0.246 e. The Bertz CT molecular complexity index is 510. The van der Waals surface area contributed by atoms with Crippen molar-refractivity contribution in [2.24, 2.45) is 11.8 Å². The highest BCUT2D eigenvalue weighted by Gasteiger charge is 2.47. The van der Waals surface area contributed by atoms with Crippen molar-refractivity contribution in [1.29, 1.82) is 0 Å². The van der Waals surface area contributed by atoms with Crippen LogP contribution in [0.5, 0.6) is 0 Å². The number of carbonyl (C=O) groups excluding carboxylic acids is 2. The average Bonchev–Trinajstić information content (AvgIpc) is 3.11. The van der Waals surface area contributed by atoms with Crippen LogP contribution in [0.2, 0.25) is 0 Å². The summed E-state index contributed by atoms with van der Waals surface area (Å²) in [6, 6.07) is -0.713. The van der Waals surface area contributed by atoms with Gasteiger partial charge in [0.1, 0.15) is 12.1 Å². The smallest absolute Gasteiger partial charge is 0.246 e. The Kier molecular flexibility index (Phi) is 3.50. The Morgan fingerprint density at radius 2 is 2.20 bits per heavy atom. The van der Waals surface area contributed by atoms with Gasteiger partial charge in [-0.1, -0.05) is 13.8 Å². The van der Waals surface area contributed by atoms with Crippen LogP contribution >= 0.6 is 11.3 Å². The van der Waals surface area contributed by atoms with Gasteiger partial charge in [0.15, 0.2) is 0 Å². The molecule has 2 atom stereocenters. The maximum atomic E-state index is 12.7. The number of nitrogens with one attached hydrogen (secondary N) is 1. The molecule has 0 aromatic carbocycles. The summed E-state index contributed by atoms with van der Waals surface area (Å²) in [7, 11) is 0. The van der Waals surface area contributed by atoms with E-state index in [1.54, 1.807) is 10.4 Å². The second-order valence-electron chi connectivity index (χ2n) is 5.96. The molecule has 1 N–H and O–H groups in total. The summed E-state index contributed by atoms with van der Waals surface area (Å²) in [4.78, 5) is 31.0. The van der Waals surface area contributed by atoms with Crippen molar-refractivity contribution >= 4 is 23.2 Å². The predicted octanol–water partition coefficient (Wildman–Crippen LogP) is 1.40. The molecule has 1 aliphatic heterocycles. The lowest BCUT2D eigenvalue weighted by Gasteiger charge is -2.40. The van der Waals surface area contributed by atoms with Crippen LogP contribution in [0.15, 0.2) is 10.9 Å². The average molecular weight is 293 g/mol. The Balaban J connectivity index is 1.86. The minimum atomic E-state index is -0.390. The largest absolute Gasteiger partial charge is 0.342 e. The van der Waals surface area contributed by atoms with Crippen LogP contribution in [-0.4, -0.2) is 33.8 Å². The molecule has 5 nitrogen and oxygen atoms in total. The highest BCUT2D eigenvalue weighted by molar-refractivity contribution is 7.07. The molecule has 6 heteroatoms. The molecule has 3 rings (SSSR count). The van der Waals surface area contributed by atoms with Crippen molar-refractivity contribution in [2.75, 3.05) is 0 Å². The van der Waals surface area contributed by atoms with E-state index in [1.165, 1.54) is 11.3 Å². The minimum Gasteiger partial charge on any atom is -0.342 e. The first-order chi connectivity index (χ1) is 9.58. The molecular formula is C14H19N3O2S. The van der Waals surface area contributed by atoms with E-state index in [-0.39, 0.29) is 29.8 Å². The third-order valence-corrected chi connectivity index (χ3v) is 4.63. The molecule has 0 bridgehead atoms. The zero-order valence-corrected chi connectivity index (χ0v) is 12.5. The summed E-state index contributed by atoms with van der Waals surface area (Å²) < 4.78 is 0. The number of piperazine rings is 1. The van der Waals surface area contributed by atoms with Crippen LogP contribution < -0.4 is 5.32 Å². The molecule has 1 saturated heterocycles. The summed E-state index contributed by atoms with van der Waals surface area (Å²) in [5.41, 5.74) is 2.62. The van der Waals surface area contributed by atoms with Crippen molar-refractivity contribution < 1.29 is 9.59 Å². The maximum absolute atomic E-state index is 12.7. The number of carbonyl (C=O) groups is 2. The standard InChI is InChI=1S/C14H19N3O2S/c1-8(2)12-13(18)16-11(9-3-4-9)14(19)17(12)5-10-6-20-7-15-10/h6-9,11-12H,3-5H2,1-2H3,(H,16,18). The van der Waals surface area contributed by atoms with E-state index in [2.05, 4.69) is 10.3 Å². The zero-order valence-electron chi connectivity index (χ0n) is 11.7. The number of amides is 2. The Labute approximate surface area is 122 Å². The fourth-order valence-electron chi connectivity index (χ4n) is 2.84. The van der Waals surface area contributed by atoms with E-state index in [1.807, 2.05) is 19.2 Å². The van der Waals surface area contributed by atoms with Crippen molar-refractivity contribution in [2.45, 2.75) is 45.3 Å². The van der Waals surface area contributed by atoms with Gasteiger partial charge in [0, 0.05) is 5.38 Å². The number of thiazole rings is 1. The first-order valence-corrected chi connectivity index (χ1v) is 8.00. The normalized spacial score (nSPS) is 27.1. The molecule has 2 unspecified atom stereocenters. The van der Waals surface area contributed by atoms with E-state index in [0.717, 1.165) is 18.5 Å². The topological polar surface area (TPSA) is 62.3 Å². The number of aromatic nitrogens is 1. The van der Waals surface area contributed by atoms with Crippen LogP contribution in [0.4, 0.5) is 0 Å². The highest BCUT2D eigenvalue weighted by Crippen LogP contribution is 2.36. The van der Waals surface area contributed by atoms with Gasteiger partial charge in [0.05, 0.1) is 17.7 Å². The van der Waals surface area contributed by atoms with E-state index < -0.39 is 0 Å². The van der Waals surface area contributed by atoms with Crippen LogP contribution in [-0.2, 0) is 16.1 Å². The van der Waals surface area contributed by atoms with E-state index in [0.29, 0.717) is 12.5 Å². The summed E-state index contributed by atoms with van der Waals surface area (Å²) in [6.07, 6.45) is 2.07. The zero-order chi connectivity index (χ0) is 14.3. The molecule has 20 heavy (non-hydrogen) atoms. The summed E-state index contributed by atoms with van der Waals surface area (Å²) in [6.45, 7) is 4.38. The SMILES string of the molecule is CC(C)C1C(=O)NC(C2CC2)C(=O)N1Cc1cscn1. The molecule has 2 aliphatic rings. The summed E-state index contributed by atoms with van der Waals surface area (Å²) in [5, 5.41) is 4.85. The molecule has 1 aromatic rings. The molecule has 0 spiro atoms. The van der Waals surface area contributed by atoms with Crippen molar-refractivity contribution in [1.82, 2.24) is 15.2 Å². The Morgan fingerprint density at radius 3 is 2.75 bits per heavy atom. The van der Waals surface area contributed by atoms with Gasteiger partial charge in [0.25, 0.3) is 0 Å². The quantitative estimate of drug-likeness (QED) is 0.913. The number of rotatable bonds is 4. The van der Waals surface area contributed by atoms with E-state index in [9.17, 15) is 9.59 Å². The number of hydrogen-bond acceptors (Lipinski definition) is 4. The van der Waals surface area contributed by atoms with Crippen LogP contribution in [0.3, 0.4) is 0 Å². The molecule has 1 aromatic heterocycles. The number of nitrogens with zero attached hydrogens (tertiary/aromatic N) is 2. The second kappa shape index (κ2) is 5.16. The molecule has 2 amide bonds. The fourth-order valence-corrected chi connectivity index (χ4v) is 3.39. The van der Waals surface area contributed by atoms with Crippen molar-refractivity contribution in [3.05, 3.63) is 16.6 Å². The van der Waals surface area contributed by atoms with E-state index >= 15 is 0 Å². The minimum absolute atomic E-state index is 0.0215. The molecule has 108 valence electrons. The predicted molar refractivity (Wildman–Crippen MR) is 75.9 cm³/mol. The van der Waals surface area contributed by atoms with Crippen molar-refractivity contribution in [3.63, 3.8) is 0 Å². The summed E-state index contributed by atoms with van der Waals surface area (Å²) >= 11 is 1.51. The third kappa shape index (κ3) is 2.44. The molecule has 1 aliphatic carbocycles. The lowest BCUT2D eigenvalue weighted by Crippen LogP contribution is -2.65. The van der Waals surface area contributed by atoms with E-state index in [4.69, 9.17) is 0 Å². The monoisotopic (exact) mass is 293 g/mol. The van der Waals surface area contributed by atoms with Gasteiger partial charge < -0.3 is 10.2 Å². The second-order valence-corrected chi connectivity index (χ2v) is 6.68.